The Bertz CT molecular complexity index is 976. The number of rotatable bonds is 5. The van der Waals surface area contributed by atoms with E-state index >= 15 is 0 Å². The Labute approximate surface area is 159 Å². The summed E-state index contributed by atoms with van der Waals surface area (Å²) in [6, 6.07) is 15.4. The van der Waals surface area contributed by atoms with E-state index in [4.69, 9.17) is 9.47 Å². The second-order valence-corrected chi connectivity index (χ2v) is 6.77. The molecule has 2 N–H and O–H groups in total. The van der Waals surface area contributed by atoms with Crippen molar-refractivity contribution in [1.82, 2.24) is 0 Å². The van der Waals surface area contributed by atoms with Crippen LogP contribution in [-0.4, -0.2) is 22.2 Å². The second kappa shape index (κ2) is 8.03. The summed E-state index contributed by atoms with van der Waals surface area (Å²) in [5, 5.41) is 19.0. The smallest absolute Gasteiger partial charge is 0.353 e. The van der Waals surface area contributed by atoms with Crippen molar-refractivity contribution in [2.24, 2.45) is 0 Å². The highest BCUT2D eigenvalue weighted by Gasteiger charge is 2.17. The lowest BCUT2D eigenvalue weighted by Gasteiger charge is -2.07. The van der Waals surface area contributed by atoms with Gasteiger partial charge in [-0.25, -0.2) is 9.59 Å². The van der Waals surface area contributed by atoms with Gasteiger partial charge in [0, 0.05) is 6.07 Å². The molecule has 3 rings (SSSR count). The molecule has 0 amide bonds. The molecular formula is C20H16O6S. The number of carbonyl (C=O) groups excluding carboxylic acids is 2. The second-order valence-electron chi connectivity index (χ2n) is 5.69. The topological polar surface area (TPSA) is 93.1 Å². The highest BCUT2D eigenvalue weighted by molar-refractivity contribution is 7.15. The van der Waals surface area contributed by atoms with Crippen molar-refractivity contribution in [1.29, 1.82) is 0 Å². The summed E-state index contributed by atoms with van der Waals surface area (Å²) in [7, 11) is 0. The monoisotopic (exact) mass is 384 g/mol. The van der Waals surface area contributed by atoms with Crippen LogP contribution in [0.15, 0.2) is 60.7 Å². The number of aliphatic hydroxyl groups is 1. The number of thiophene rings is 1. The number of esters is 2. The van der Waals surface area contributed by atoms with Crippen LogP contribution < -0.4 is 9.47 Å². The predicted molar refractivity (Wildman–Crippen MR) is 99.4 cm³/mol. The highest BCUT2D eigenvalue weighted by Crippen LogP contribution is 2.24. The molecule has 0 radical (unpaired) electrons. The number of hydrogen-bond acceptors (Lipinski definition) is 7. The van der Waals surface area contributed by atoms with Crippen molar-refractivity contribution in [3.63, 3.8) is 0 Å². The quantitative estimate of drug-likeness (QED) is 0.511. The molecule has 138 valence electrons. The van der Waals surface area contributed by atoms with Gasteiger partial charge in [0.25, 0.3) is 0 Å². The molecule has 0 saturated carbocycles. The summed E-state index contributed by atoms with van der Waals surface area (Å²) in [6.07, 6.45) is -0.677. The van der Waals surface area contributed by atoms with Crippen LogP contribution in [0.2, 0.25) is 0 Å². The SMILES string of the molecule is CC(O)c1cccc(OC(=O)c2ccc(C(=O)Oc3cccc(O)c3)s2)c1. The molecule has 2 aromatic carbocycles. The Morgan fingerprint density at radius 3 is 2.00 bits per heavy atom. The van der Waals surface area contributed by atoms with E-state index in [-0.39, 0.29) is 21.3 Å². The average Bonchev–Trinajstić information content (AvgIpc) is 3.12. The molecule has 3 aromatic rings. The Balaban J connectivity index is 1.68. The van der Waals surface area contributed by atoms with Gasteiger partial charge in [-0.15, -0.1) is 11.3 Å². The molecule has 0 aliphatic carbocycles. The summed E-state index contributed by atoms with van der Waals surface area (Å²) in [5.41, 5.74) is 0.627. The number of phenolic OH excluding ortho intramolecular Hbond substituents is 1. The number of carbonyl (C=O) groups is 2. The lowest BCUT2D eigenvalue weighted by molar-refractivity contribution is 0.0731. The van der Waals surface area contributed by atoms with Gasteiger partial charge in [0.15, 0.2) is 0 Å². The standard InChI is InChI=1S/C20H16O6S/c1-12(21)13-4-2-6-15(10-13)25-19(23)17-8-9-18(27-17)20(24)26-16-7-3-5-14(22)11-16/h2-12,21-22H,1H3. The Morgan fingerprint density at radius 2 is 1.44 bits per heavy atom. The van der Waals surface area contributed by atoms with Gasteiger partial charge in [-0.1, -0.05) is 18.2 Å². The zero-order chi connectivity index (χ0) is 19.4. The molecular weight excluding hydrogens is 368 g/mol. The van der Waals surface area contributed by atoms with Gasteiger partial charge in [-0.2, -0.15) is 0 Å². The van der Waals surface area contributed by atoms with Crippen molar-refractivity contribution in [3.8, 4) is 17.2 Å². The van der Waals surface area contributed by atoms with Gasteiger partial charge in [-0.3, -0.25) is 0 Å². The zero-order valence-electron chi connectivity index (χ0n) is 14.3. The fourth-order valence-electron chi connectivity index (χ4n) is 2.26. The number of hydrogen-bond donors (Lipinski definition) is 2. The van der Waals surface area contributed by atoms with E-state index in [0.717, 1.165) is 11.3 Å². The molecule has 27 heavy (non-hydrogen) atoms. The van der Waals surface area contributed by atoms with Gasteiger partial charge in [0.05, 0.1) is 6.10 Å². The van der Waals surface area contributed by atoms with Crippen LogP contribution in [-0.2, 0) is 0 Å². The Kier molecular flexibility index (Phi) is 5.54. The minimum absolute atomic E-state index is 0.0184. The largest absolute Gasteiger partial charge is 0.508 e. The number of aliphatic hydroxyl groups excluding tert-OH is 1. The van der Waals surface area contributed by atoms with Crippen LogP contribution in [0.5, 0.6) is 17.2 Å². The Morgan fingerprint density at radius 1 is 0.889 bits per heavy atom. The van der Waals surface area contributed by atoms with Crippen LogP contribution in [0.25, 0.3) is 0 Å². The van der Waals surface area contributed by atoms with Crippen LogP contribution >= 0.6 is 11.3 Å². The first-order valence-corrected chi connectivity index (χ1v) is 8.85. The van der Waals surface area contributed by atoms with Gasteiger partial charge >= 0.3 is 11.9 Å². The molecule has 1 aromatic heterocycles. The molecule has 1 atom stereocenters. The molecule has 1 unspecified atom stereocenters. The first-order valence-electron chi connectivity index (χ1n) is 8.03. The third-order valence-corrected chi connectivity index (χ3v) is 4.63. The summed E-state index contributed by atoms with van der Waals surface area (Å²) >= 11 is 0.941. The minimum atomic E-state index is -0.677. The minimum Gasteiger partial charge on any atom is -0.508 e. The molecule has 0 aliphatic rings. The summed E-state index contributed by atoms with van der Waals surface area (Å²) in [6.45, 7) is 1.62. The average molecular weight is 384 g/mol. The first kappa shape index (κ1) is 18.6. The number of aromatic hydroxyl groups is 1. The van der Waals surface area contributed by atoms with E-state index in [1.54, 1.807) is 37.3 Å². The number of benzene rings is 2. The maximum atomic E-state index is 12.3. The van der Waals surface area contributed by atoms with Crippen LogP contribution in [0.3, 0.4) is 0 Å². The molecule has 0 bridgehead atoms. The van der Waals surface area contributed by atoms with Crippen molar-refractivity contribution < 1.29 is 29.3 Å². The predicted octanol–water partition coefficient (Wildman–Crippen LogP) is 3.95. The maximum absolute atomic E-state index is 12.3. The van der Waals surface area contributed by atoms with E-state index in [2.05, 4.69) is 0 Å². The molecule has 7 heteroatoms. The molecule has 0 fully saturated rings. The zero-order valence-corrected chi connectivity index (χ0v) is 15.1. The third-order valence-electron chi connectivity index (χ3n) is 3.59. The summed E-state index contributed by atoms with van der Waals surface area (Å²) in [4.78, 5) is 24.9. The first-order chi connectivity index (χ1) is 12.9. The summed E-state index contributed by atoms with van der Waals surface area (Å²) in [5.74, 6) is -0.766. The third kappa shape index (κ3) is 4.72. The number of ether oxygens (including phenoxy) is 2. The van der Waals surface area contributed by atoms with Gasteiger partial charge < -0.3 is 19.7 Å². The fourth-order valence-corrected chi connectivity index (χ4v) is 3.02. The van der Waals surface area contributed by atoms with E-state index in [0.29, 0.717) is 11.3 Å². The highest BCUT2D eigenvalue weighted by atomic mass is 32.1. The van der Waals surface area contributed by atoms with E-state index in [9.17, 15) is 19.8 Å². The maximum Gasteiger partial charge on any atom is 0.353 e. The van der Waals surface area contributed by atoms with Crippen molar-refractivity contribution in [2.45, 2.75) is 13.0 Å². The lowest BCUT2D eigenvalue weighted by atomic mass is 10.1. The number of phenols is 1. The van der Waals surface area contributed by atoms with Gasteiger partial charge in [-0.05, 0) is 48.9 Å². The normalized spacial score (nSPS) is 11.6. The fraction of sp³-hybridized carbons (Fsp3) is 0.100. The van der Waals surface area contributed by atoms with Crippen LogP contribution in [0.4, 0.5) is 0 Å². The molecule has 0 aliphatic heterocycles. The van der Waals surface area contributed by atoms with Crippen molar-refractivity contribution in [3.05, 3.63) is 76.0 Å². The molecule has 0 saturated heterocycles. The van der Waals surface area contributed by atoms with E-state index in [1.165, 1.54) is 30.3 Å². The molecule has 6 nitrogen and oxygen atoms in total. The molecule has 0 spiro atoms. The van der Waals surface area contributed by atoms with Crippen LogP contribution in [0.1, 0.15) is 37.9 Å². The lowest BCUT2D eigenvalue weighted by Crippen LogP contribution is -2.07. The Hall–Kier alpha value is -3.16. The van der Waals surface area contributed by atoms with Gasteiger partial charge in [0.1, 0.15) is 27.0 Å². The van der Waals surface area contributed by atoms with E-state index in [1.807, 2.05) is 0 Å². The van der Waals surface area contributed by atoms with Crippen LogP contribution in [0, 0.1) is 0 Å². The molecule has 1 heterocycles. The van der Waals surface area contributed by atoms with Crippen molar-refractivity contribution in [2.75, 3.05) is 0 Å². The van der Waals surface area contributed by atoms with E-state index < -0.39 is 18.0 Å². The van der Waals surface area contributed by atoms with Crippen molar-refractivity contribution >= 4 is 23.3 Å². The summed E-state index contributed by atoms with van der Waals surface area (Å²) < 4.78 is 10.5. The van der Waals surface area contributed by atoms with Gasteiger partial charge in [0.2, 0.25) is 0 Å².